The maximum atomic E-state index is 13.4. The molecule has 0 unspecified atom stereocenters. The lowest BCUT2D eigenvalue weighted by atomic mass is 10.00. The second-order valence-electron chi connectivity index (χ2n) is 9.74. The van der Waals surface area contributed by atoms with Crippen molar-refractivity contribution in [1.29, 1.82) is 0 Å². The van der Waals surface area contributed by atoms with Gasteiger partial charge in [-0.3, -0.25) is 0 Å². The topological polar surface area (TPSA) is 48.3 Å². The summed E-state index contributed by atoms with van der Waals surface area (Å²) in [4.78, 5) is 0. The summed E-state index contributed by atoms with van der Waals surface area (Å²) in [5.41, 5.74) is 3.57. The maximum Gasteiger partial charge on any atom is 0.139 e. The Hall–Kier alpha value is -2.66. The molecular formula is C26H32FN3O2Si. The maximum absolute atomic E-state index is 13.4. The number of nitrogens with one attached hydrogen (secondary N) is 1. The molecule has 5 nitrogen and oxygen atoms in total. The van der Waals surface area contributed by atoms with E-state index >= 15 is 0 Å². The van der Waals surface area contributed by atoms with Gasteiger partial charge in [-0.05, 0) is 55.3 Å². The zero-order valence-corrected chi connectivity index (χ0v) is 20.7. The molecule has 1 N–H and O–H groups in total. The highest BCUT2D eigenvalue weighted by molar-refractivity contribution is 6.76. The van der Waals surface area contributed by atoms with Gasteiger partial charge in [0.15, 0.2) is 0 Å². The smallest absolute Gasteiger partial charge is 0.139 e. The standard InChI is InChI=1S/C26H32FN3O2Si/c1-33(2,3)15-14-32-19-30-26-17-21(5-4-20-10-12-31-13-11-20)25(16-22(26)18-28-30)29-24-8-6-23(27)7-9-24/h6-9,16-18,20,29H,10-15,19H2,1-3H3. The summed E-state index contributed by atoms with van der Waals surface area (Å²) in [5.74, 6) is 6.90. The van der Waals surface area contributed by atoms with Crippen molar-refractivity contribution >= 4 is 30.4 Å². The predicted molar refractivity (Wildman–Crippen MR) is 134 cm³/mol. The number of aromatic nitrogens is 2. The molecule has 0 spiro atoms. The molecular weight excluding hydrogens is 433 g/mol. The summed E-state index contributed by atoms with van der Waals surface area (Å²) >= 11 is 0. The largest absolute Gasteiger partial charge is 0.381 e. The molecule has 0 atom stereocenters. The number of hydrogen-bond acceptors (Lipinski definition) is 4. The molecule has 0 bridgehead atoms. The molecule has 1 fully saturated rings. The SMILES string of the molecule is C[Si](C)(C)CCOCn1ncc2cc(Nc3ccc(F)cc3)c(C#CC3CCOCC3)cc21. The molecule has 2 heterocycles. The van der Waals surface area contributed by atoms with Gasteiger partial charge in [0.2, 0.25) is 0 Å². The van der Waals surface area contributed by atoms with Crippen LogP contribution in [0.5, 0.6) is 0 Å². The summed E-state index contributed by atoms with van der Waals surface area (Å²) in [7, 11) is -1.13. The van der Waals surface area contributed by atoms with Crippen molar-refractivity contribution in [3.05, 3.63) is 54.0 Å². The third kappa shape index (κ3) is 6.67. The van der Waals surface area contributed by atoms with Gasteiger partial charge in [0, 0.05) is 44.9 Å². The molecule has 0 amide bonds. The average Bonchev–Trinajstić information content (AvgIpc) is 3.18. The molecule has 33 heavy (non-hydrogen) atoms. The van der Waals surface area contributed by atoms with Crippen molar-refractivity contribution in [2.24, 2.45) is 5.92 Å². The normalized spacial score (nSPS) is 14.8. The molecule has 0 aliphatic carbocycles. The first-order valence-corrected chi connectivity index (χ1v) is 15.3. The van der Waals surface area contributed by atoms with E-state index in [1.54, 1.807) is 12.1 Å². The van der Waals surface area contributed by atoms with E-state index in [1.807, 2.05) is 10.9 Å². The van der Waals surface area contributed by atoms with Crippen molar-refractivity contribution < 1.29 is 13.9 Å². The van der Waals surface area contributed by atoms with Crippen LogP contribution in [-0.4, -0.2) is 37.7 Å². The summed E-state index contributed by atoms with van der Waals surface area (Å²) in [6.45, 7) is 9.74. The summed E-state index contributed by atoms with van der Waals surface area (Å²) in [6.07, 6.45) is 3.76. The van der Waals surface area contributed by atoms with Crippen LogP contribution >= 0.6 is 0 Å². The lowest BCUT2D eigenvalue weighted by molar-refractivity contribution is 0.0807. The quantitative estimate of drug-likeness (QED) is 0.264. The molecule has 1 aliphatic heterocycles. The highest BCUT2D eigenvalue weighted by atomic mass is 28.3. The van der Waals surface area contributed by atoms with E-state index in [1.165, 1.54) is 12.1 Å². The minimum absolute atomic E-state index is 0.258. The molecule has 0 radical (unpaired) electrons. The van der Waals surface area contributed by atoms with Crippen LogP contribution in [-0.2, 0) is 16.2 Å². The van der Waals surface area contributed by atoms with Gasteiger partial charge in [-0.1, -0.05) is 31.5 Å². The highest BCUT2D eigenvalue weighted by Gasteiger charge is 2.14. The van der Waals surface area contributed by atoms with Gasteiger partial charge in [-0.15, -0.1) is 0 Å². The van der Waals surface area contributed by atoms with Crippen molar-refractivity contribution in [3.63, 3.8) is 0 Å². The molecule has 174 valence electrons. The fourth-order valence-corrected chi connectivity index (χ4v) is 4.43. The molecule has 3 aromatic rings. The van der Waals surface area contributed by atoms with E-state index in [2.05, 4.69) is 54.0 Å². The van der Waals surface area contributed by atoms with Crippen LogP contribution in [0, 0.1) is 23.6 Å². The summed E-state index contributed by atoms with van der Waals surface area (Å²) < 4.78 is 26.6. The molecule has 4 rings (SSSR count). The number of anilines is 2. The average molecular weight is 466 g/mol. The van der Waals surface area contributed by atoms with Gasteiger partial charge in [0.25, 0.3) is 0 Å². The fraction of sp³-hybridized carbons (Fsp3) is 0.423. The van der Waals surface area contributed by atoms with Gasteiger partial charge in [-0.25, -0.2) is 9.07 Å². The first kappa shape index (κ1) is 23.5. The van der Waals surface area contributed by atoms with Gasteiger partial charge in [0.1, 0.15) is 12.5 Å². The summed E-state index contributed by atoms with van der Waals surface area (Å²) in [5, 5.41) is 8.95. The van der Waals surface area contributed by atoms with Crippen molar-refractivity contribution in [3.8, 4) is 11.8 Å². The fourth-order valence-electron chi connectivity index (χ4n) is 3.68. The van der Waals surface area contributed by atoms with Gasteiger partial charge >= 0.3 is 0 Å². The predicted octanol–water partition coefficient (Wildman–Crippen LogP) is 6.01. The Morgan fingerprint density at radius 2 is 1.94 bits per heavy atom. The van der Waals surface area contributed by atoms with E-state index < -0.39 is 8.07 Å². The van der Waals surface area contributed by atoms with E-state index in [0.29, 0.717) is 12.6 Å². The molecule has 1 aliphatic rings. The summed E-state index contributed by atoms with van der Waals surface area (Å²) in [6, 6.07) is 11.6. The zero-order valence-electron chi connectivity index (χ0n) is 19.7. The number of nitrogens with zero attached hydrogens (tertiary/aromatic N) is 2. The van der Waals surface area contributed by atoms with Crippen LogP contribution in [0.4, 0.5) is 15.8 Å². The minimum atomic E-state index is -1.13. The third-order valence-corrected chi connectivity index (χ3v) is 7.45. The molecule has 2 aromatic carbocycles. The molecule has 1 aromatic heterocycles. The van der Waals surface area contributed by atoms with Crippen LogP contribution in [0.1, 0.15) is 18.4 Å². The van der Waals surface area contributed by atoms with Crippen LogP contribution in [0.3, 0.4) is 0 Å². The third-order valence-electron chi connectivity index (χ3n) is 5.75. The lowest BCUT2D eigenvalue weighted by Gasteiger charge is -2.17. The van der Waals surface area contributed by atoms with Crippen LogP contribution in [0.2, 0.25) is 25.7 Å². The Balaban J connectivity index is 1.60. The Morgan fingerprint density at radius 3 is 2.67 bits per heavy atom. The van der Waals surface area contributed by atoms with Crippen LogP contribution < -0.4 is 5.32 Å². The van der Waals surface area contributed by atoms with E-state index in [4.69, 9.17) is 9.47 Å². The number of rotatable bonds is 7. The van der Waals surface area contributed by atoms with Gasteiger partial charge < -0.3 is 14.8 Å². The first-order chi connectivity index (χ1) is 15.9. The Morgan fingerprint density at radius 1 is 1.18 bits per heavy atom. The Labute approximate surface area is 196 Å². The van der Waals surface area contributed by atoms with Crippen molar-refractivity contribution in [2.75, 3.05) is 25.1 Å². The minimum Gasteiger partial charge on any atom is -0.381 e. The van der Waals surface area contributed by atoms with E-state index in [-0.39, 0.29) is 5.82 Å². The molecule has 7 heteroatoms. The van der Waals surface area contributed by atoms with Gasteiger partial charge in [-0.2, -0.15) is 5.10 Å². The van der Waals surface area contributed by atoms with Crippen molar-refractivity contribution in [2.45, 2.75) is 45.3 Å². The first-order valence-electron chi connectivity index (χ1n) is 11.6. The number of hydrogen-bond donors (Lipinski definition) is 1. The van der Waals surface area contributed by atoms with E-state index in [9.17, 15) is 4.39 Å². The Bertz CT molecular complexity index is 1140. The van der Waals surface area contributed by atoms with Crippen LogP contribution in [0.25, 0.3) is 10.9 Å². The van der Waals surface area contributed by atoms with Crippen molar-refractivity contribution in [1.82, 2.24) is 9.78 Å². The number of halogens is 1. The number of fused-ring (bicyclic) bond motifs is 1. The number of ether oxygens (including phenoxy) is 2. The Kier molecular flexibility index (Phi) is 7.48. The number of benzene rings is 2. The van der Waals surface area contributed by atoms with E-state index in [0.717, 1.165) is 66.5 Å². The molecule has 0 saturated carbocycles. The lowest BCUT2D eigenvalue weighted by Crippen LogP contribution is -2.22. The van der Waals surface area contributed by atoms with Gasteiger partial charge in [0.05, 0.1) is 23.0 Å². The molecule has 1 saturated heterocycles. The second-order valence-corrected chi connectivity index (χ2v) is 15.4. The van der Waals surface area contributed by atoms with Crippen LogP contribution in [0.15, 0.2) is 42.6 Å². The second kappa shape index (κ2) is 10.5. The monoisotopic (exact) mass is 465 g/mol. The highest BCUT2D eigenvalue weighted by Crippen LogP contribution is 2.27. The zero-order chi connectivity index (χ0) is 23.3.